The molecular weight excluding hydrogens is 302 g/mol. The predicted molar refractivity (Wildman–Crippen MR) is 95.2 cm³/mol. The van der Waals surface area contributed by atoms with Crippen molar-refractivity contribution < 1.29 is 9.84 Å². The second-order valence-corrected chi connectivity index (χ2v) is 6.09. The Kier molecular flexibility index (Phi) is 6.04. The van der Waals surface area contributed by atoms with E-state index in [1.165, 1.54) is 0 Å². The maximum atomic E-state index is 10.6. The van der Waals surface area contributed by atoms with Crippen LogP contribution in [0.15, 0.2) is 54.7 Å². The van der Waals surface area contributed by atoms with Crippen molar-refractivity contribution in [2.75, 3.05) is 18.4 Å². The van der Waals surface area contributed by atoms with Gasteiger partial charge in [-0.1, -0.05) is 24.3 Å². The van der Waals surface area contributed by atoms with Crippen LogP contribution in [-0.2, 0) is 0 Å². The number of pyridine rings is 1. The van der Waals surface area contributed by atoms with Gasteiger partial charge in [-0.2, -0.15) is 0 Å². The Balaban J connectivity index is 1.44. The molecule has 3 atom stereocenters. The van der Waals surface area contributed by atoms with Crippen molar-refractivity contribution in [1.82, 2.24) is 10.3 Å². The summed E-state index contributed by atoms with van der Waals surface area (Å²) in [5.41, 5.74) is 0. The van der Waals surface area contributed by atoms with Gasteiger partial charge in [-0.25, -0.2) is 4.98 Å². The molecule has 0 radical (unpaired) electrons. The summed E-state index contributed by atoms with van der Waals surface area (Å²) in [5.74, 6) is 1.69. The van der Waals surface area contributed by atoms with Crippen LogP contribution in [-0.4, -0.2) is 41.4 Å². The molecule has 0 unspecified atom stereocenters. The second kappa shape index (κ2) is 8.66. The van der Waals surface area contributed by atoms with E-state index in [2.05, 4.69) is 15.6 Å². The van der Waals surface area contributed by atoms with E-state index in [1.54, 1.807) is 6.20 Å². The van der Waals surface area contributed by atoms with Crippen molar-refractivity contribution in [2.45, 2.75) is 37.5 Å². The smallest absolute Gasteiger partial charge is 0.126 e. The lowest BCUT2D eigenvalue weighted by molar-refractivity contribution is -0.0149. The Bertz CT molecular complexity index is 594. The van der Waals surface area contributed by atoms with E-state index in [9.17, 15) is 5.11 Å². The molecule has 1 aliphatic rings. The zero-order valence-electron chi connectivity index (χ0n) is 13.8. The summed E-state index contributed by atoms with van der Waals surface area (Å²) in [6.07, 6.45) is 4.04. The molecule has 0 aliphatic heterocycles. The van der Waals surface area contributed by atoms with Crippen molar-refractivity contribution in [3.05, 3.63) is 54.7 Å². The summed E-state index contributed by atoms with van der Waals surface area (Å²) in [5, 5.41) is 17.3. The zero-order valence-corrected chi connectivity index (χ0v) is 13.8. The third-order valence-electron chi connectivity index (χ3n) is 4.33. The SMILES string of the molecule is O[C@@H]1[C@@H](NCCNc2ccccn2)CCC[C@H]1Oc1ccccc1. The van der Waals surface area contributed by atoms with Crippen molar-refractivity contribution in [3.63, 3.8) is 0 Å². The average molecular weight is 327 g/mol. The highest BCUT2D eigenvalue weighted by atomic mass is 16.5. The van der Waals surface area contributed by atoms with E-state index in [1.807, 2.05) is 48.5 Å². The van der Waals surface area contributed by atoms with Gasteiger partial charge in [-0.15, -0.1) is 0 Å². The highest BCUT2D eigenvalue weighted by Crippen LogP contribution is 2.24. The first kappa shape index (κ1) is 16.7. The summed E-state index contributed by atoms with van der Waals surface area (Å²) in [6.45, 7) is 1.54. The first-order chi connectivity index (χ1) is 11.8. The molecule has 1 aromatic carbocycles. The van der Waals surface area contributed by atoms with Crippen molar-refractivity contribution in [3.8, 4) is 5.75 Å². The van der Waals surface area contributed by atoms with Crippen LogP contribution in [0, 0.1) is 0 Å². The van der Waals surface area contributed by atoms with Gasteiger partial charge in [0.05, 0.1) is 0 Å². The Morgan fingerprint density at radius 1 is 1.04 bits per heavy atom. The fourth-order valence-corrected chi connectivity index (χ4v) is 3.08. The Labute approximate surface area is 143 Å². The van der Waals surface area contributed by atoms with Crippen LogP contribution in [0.3, 0.4) is 0 Å². The van der Waals surface area contributed by atoms with Gasteiger partial charge in [-0.05, 0) is 43.5 Å². The van der Waals surface area contributed by atoms with Crippen molar-refractivity contribution in [1.29, 1.82) is 0 Å². The Morgan fingerprint density at radius 3 is 2.67 bits per heavy atom. The van der Waals surface area contributed by atoms with Crippen LogP contribution in [0.2, 0.25) is 0 Å². The predicted octanol–water partition coefficient (Wildman–Crippen LogP) is 2.44. The van der Waals surface area contributed by atoms with E-state index in [0.29, 0.717) is 0 Å². The van der Waals surface area contributed by atoms with E-state index in [4.69, 9.17) is 4.74 Å². The molecule has 128 valence electrons. The van der Waals surface area contributed by atoms with Gasteiger partial charge in [0.2, 0.25) is 0 Å². The van der Waals surface area contributed by atoms with Gasteiger partial charge in [-0.3, -0.25) is 0 Å². The molecule has 1 fully saturated rings. The van der Waals surface area contributed by atoms with Crippen LogP contribution in [0.5, 0.6) is 5.75 Å². The van der Waals surface area contributed by atoms with Gasteiger partial charge in [0, 0.05) is 25.3 Å². The quantitative estimate of drug-likeness (QED) is 0.682. The second-order valence-electron chi connectivity index (χ2n) is 6.09. The molecule has 0 spiro atoms. The number of nitrogens with one attached hydrogen (secondary N) is 2. The fourth-order valence-electron chi connectivity index (χ4n) is 3.08. The minimum atomic E-state index is -0.492. The van der Waals surface area contributed by atoms with E-state index < -0.39 is 6.10 Å². The maximum absolute atomic E-state index is 10.6. The number of benzene rings is 1. The normalized spacial score (nSPS) is 23.6. The summed E-state index contributed by atoms with van der Waals surface area (Å²) in [6, 6.07) is 15.6. The lowest BCUT2D eigenvalue weighted by atomic mass is 9.90. The molecular formula is C19H25N3O2. The van der Waals surface area contributed by atoms with Gasteiger partial charge in [0.1, 0.15) is 23.8 Å². The number of anilines is 1. The van der Waals surface area contributed by atoms with Gasteiger partial charge in [0.25, 0.3) is 0 Å². The number of aliphatic hydroxyl groups is 1. The highest BCUT2D eigenvalue weighted by molar-refractivity contribution is 5.32. The standard InChI is InChI=1S/C19H25N3O2/c23-19-16(20-13-14-22-18-11-4-5-12-21-18)9-6-10-17(19)24-15-7-2-1-3-8-15/h1-5,7-8,11-12,16-17,19-20,23H,6,9-10,13-14H2,(H,21,22)/t16-,17+,19+/m0/s1. The van der Waals surface area contributed by atoms with Crippen LogP contribution in [0.1, 0.15) is 19.3 Å². The molecule has 0 bridgehead atoms. The number of rotatable bonds is 7. The molecule has 1 heterocycles. The third-order valence-corrected chi connectivity index (χ3v) is 4.33. The highest BCUT2D eigenvalue weighted by Gasteiger charge is 2.32. The first-order valence-electron chi connectivity index (χ1n) is 8.61. The number of para-hydroxylation sites is 1. The minimum Gasteiger partial charge on any atom is -0.488 e. The van der Waals surface area contributed by atoms with Crippen LogP contribution < -0.4 is 15.4 Å². The number of aliphatic hydroxyl groups excluding tert-OH is 1. The molecule has 0 amide bonds. The largest absolute Gasteiger partial charge is 0.488 e. The molecule has 3 rings (SSSR count). The van der Waals surface area contributed by atoms with E-state index in [0.717, 1.165) is 43.9 Å². The van der Waals surface area contributed by atoms with E-state index in [-0.39, 0.29) is 12.1 Å². The summed E-state index contributed by atoms with van der Waals surface area (Å²) in [4.78, 5) is 4.23. The molecule has 3 N–H and O–H groups in total. The molecule has 1 aliphatic carbocycles. The van der Waals surface area contributed by atoms with Crippen molar-refractivity contribution in [2.24, 2.45) is 0 Å². The van der Waals surface area contributed by atoms with Crippen LogP contribution in [0.4, 0.5) is 5.82 Å². The van der Waals surface area contributed by atoms with Crippen LogP contribution >= 0.6 is 0 Å². The molecule has 1 saturated carbocycles. The number of ether oxygens (including phenoxy) is 1. The summed E-state index contributed by atoms with van der Waals surface area (Å²) >= 11 is 0. The van der Waals surface area contributed by atoms with Crippen molar-refractivity contribution >= 4 is 5.82 Å². The number of hydrogen-bond acceptors (Lipinski definition) is 5. The minimum absolute atomic E-state index is 0.0676. The average Bonchev–Trinajstić information content (AvgIpc) is 2.63. The molecule has 5 nitrogen and oxygen atoms in total. The van der Waals surface area contributed by atoms with E-state index >= 15 is 0 Å². The summed E-state index contributed by atoms with van der Waals surface area (Å²) < 4.78 is 5.96. The third kappa shape index (κ3) is 4.69. The first-order valence-corrected chi connectivity index (χ1v) is 8.61. The lowest BCUT2D eigenvalue weighted by Crippen LogP contribution is -2.52. The molecule has 24 heavy (non-hydrogen) atoms. The fraction of sp³-hybridized carbons (Fsp3) is 0.421. The summed E-state index contributed by atoms with van der Waals surface area (Å²) in [7, 11) is 0. The monoisotopic (exact) mass is 327 g/mol. The maximum Gasteiger partial charge on any atom is 0.126 e. The Morgan fingerprint density at radius 2 is 1.88 bits per heavy atom. The molecule has 2 aromatic rings. The number of aromatic nitrogens is 1. The van der Waals surface area contributed by atoms with Crippen LogP contribution in [0.25, 0.3) is 0 Å². The van der Waals surface area contributed by atoms with Gasteiger partial charge in [0.15, 0.2) is 0 Å². The Hall–Kier alpha value is -2.11. The molecule has 1 aromatic heterocycles. The number of hydrogen-bond donors (Lipinski definition) is 3. The lowest BCUT2D eigenvalue weighted by Gasteiger charge is -2.35. The zero-order chi connectivity index (χ0) is 16.6. The number of nitrogens with zero attached hydrogens (tertiary/aromatic N) is 1. The molecule has 5 heteroatoms. The van der Waals surface area contributed by atoms with Gasteiger partial charge >= 0.3 is 0 Å². The topological polar surface area (TPSA) is 66.4 Å². The molecule has 0 saturated heterocycles. The van der Waals surface area contributed by atoms with Gasteiger partial charge < -0.3 is 20.5 Å².